The Hall–Kier alpha value is -1.83. The van der Waals surface area contributed by atoms with Crippen LogP contribution < -0.4 is 0 Å². The van der Waals surface area contributed by atoms with Crippen molar-refractivity contribution < 1.29 is 0 Å². The number of aryl methyl sites for hydroxylation is 1. The van der Waals surface area contributed by atoms with Gasteiger partial charge in [-0.1, -0.05) is 49.2 Å². The van der Waals surface area contributed by atoms with E-state index in [2.05, 4.69) is 54.2 Å². The number of hydrogen-bond acceptors (Lipinski definition) is 1. The first kappa shape index (κ1) is 15.6. The van der Waals surface area contributed by atoms with Gasteiger partial charge >= 0.3 is 0 Å². The molecule has 0 N–H and O–H groups in total. The maximum absolute atomic E-state index is 4.31. The molecule has 0 unspecified atom stereocenters. The molecule has 1 heterocycles. The third-order valence-corrected chi connectivity index (χ3v) is 3.95. The van der Waals surface area contributed by atoms with Crippen LogP contribution in [-0.4, -0.2) is 9.55 Å². The summed E-state index contributed by atoms with van der Waals surface area (Å²) in [6.45, 7) is 9.47. The summed E-state index contributed by atoms with van der Waals surface area (Å²) in [4.78, 5) is 4.31. The van der Waals surface area contributed by atoms with Gasteiger partial charge in [-0.3, -0.25) is 0 Å². The van der Waals surface area contributed by atoms with Crippen molar-refractivity contribution in [1.29, 1.82) is 0 Å². The SMILES string of the molecule is C=C(C)CCC[C@H](C)CCn1cncc1-c1ccccc1. The molecule has 0 bridgehead atoms. The van der Waals surface area contributed by atoms with Crippen LogP contribution in [0.15, 0.2) is 55.0 Å². The van der Waals surface area contributed by atoms with Crippen molar-refractivity contribution in [3.63, 3.8) is 0 Å². The second-order valence-corrected chi connectivity index (χ2v) is 6.08. The number of benzene rings is 1. The minimum absolute atomic E-state index is 0.746. The smallest absolute Gasteiger partial charge is 0.0950 e. The monoisotopic (exact) mass is 282 g/mol. The standard InChI is InChI=1S/C19H26N2/c1-16(2)8-7-9-17(3)12-13-21-15-20-14-19(21)18-10-5-4-6-11-18/h4-6,10-11,14-15,17H,1,7-9,12-13H2,2-3H3/t17-/m0/s1. The average molecular weight is 282 g/mol. The number of rotatable bonds is 8. The van der Waals surface area contributed by atoms with Crippen LogP contribution in [0.1, 0.15) is 39.5 Å². The van der Waals surface area contributed by atoms with Crippen LogP contribution >= 0.6 is 0 Å². The highest BCUT2D eigenvalue weighted by Crippen LogP contribution is 2.21. The molecule has 1 aromatic carbocycles. The summed E-state index contributed by atoms with van der Waals surface area (Å²) < 4.78 is 2.27. The molecule has 0 amide bonds. The van der Waals surface area contributed by atoms with Crippen LogP contribution in [-0.2, 0) is 6.54 Å². The quantitative estimate of drug-likeness (QED) is 0.599. The molecule has 0 aliphatic carbocycles. The Kier molecular flexibility index (Phi) is 5.79. The molecule has 2 nitrogen and oxygen atoms in total. The number of hydrogen-bond donors (Lipinski definition) is 0. The van der Waals surface area contributed by atoms with E-state index in [0.29, 0.717) is 0 Å². The molecular formula is C19H26N2. The lowest BCUT2D eigenvalue weighted by molar-refractivity contribution is 0.440. The lowest BCUT2D eigenvalue weighted by Gasteiger charge is -2.13. The predicted molar refractivity (Wildman–Crippen MR) is 90.1 cm³/mol. The largest absolute Gasteiger partial charge is 0.331 e. The van der Waals surface area contributed by atoms with Gasteiger partial charge < -0.3 is 4.57 Å². The molecule has 21 heavy (non-hydrogen) atoms. The Morgan fingerprint density at radius 3 is 2.71 bits per heavy atom. The molecule has 0 saturated carbocycles. The summed E-state index contributed by atoms with van der Waals surface area (Å²) in [5.41, 5.74) is 3.75. The summed E-state index contributed by atoms with van der Waals surface area (Å²) in [6.07, 6.45) is 8.80. The van der Waals surface area contributed by atoms with Crippen molar-refractivity contribution in [2.24, 2.45) is 5.92 Å². The molecule has 112 valence electrons. The fourth-order valence-corrected chi connectivity index (χ4v) is 2.60. The molecule has 2 aromatic rings. The first-order chi connectivity index (χ1) is 10.2. The number of nitrogens with zero attached hydrogens (tertiary/aromatic N) is 2. The maximum atomic E-state index is 4.31. The molecule has 0 saturated heterocycles. The summed E-state index contributed by atoms with van der Waals surface area (Å²) >= 11 is 0. The lowest BCUT2D eigenvalue weighted by atomic mass is 9.99. The van der Waals surface area contributed by atoms with E-state index in [-0.39, 0.29) is 0 Å². The Balaban J connectivity index is 1.87. The van der Waals surface area contributed by atoms with E-state index >= 15 is 0 Å². The van der Waals surface area contributed by atoms with Crippen LogP contribution in [0.25, 0.3) is 11.3 Å². The molecule has 2 heteroatoms. The van der Waals surface area contributed by atoms with Gasteiger partial charge in [0.25, 0.3) is 0 Å². The fourth-order valence-electron chi connectivity index (χ4n) is 2.60. The van der Waals surface area contributed by atoms with E-state index in [9.17, 15) is 0 Å². The van der Waals surface area contributed by atoms with Crippen molar-refractivity contribution in [1.82, 2.24) is 9.55 Å². The Labute approximate surface area is 128 Å². The first-order valence-corrected chi connectivity index (χ1v) is 7.86. The topological polar surface area (TPSA) is 17.8 Å². The van der Waals surface area contributed by atoms with Crippen LogP contribution in [0, 0.1) is 5.92 Å². The highest BCUT2D eigenvalue weighted by molar-refractivity contribution is 5.58. The third kappa shape index (κ3) is 4.89. The normalized spacial score (nSPS) is 12.3. The van der Waals surface area contributed by atoms with Gasteiger partial charge in [0.2, 0.25) is 0 Å². The summed E-state index contributed by atoms with van der Waals surface area (Å²) in [7, 11) is 0. The average Bonchev–Trinajstić information content (AvgIpc) is 2.94. The molecule has 1 atom stereocenters. The molecule has 0 radical (unpaired) electrons. The van der Waals surface area contributed by atoms with Gasteiger partial charge in [-0.05, 0) is 37.7 Å². The van der Waals surface area contributed by atoms with Gasteiger partial charge in [-0.15, -0.1) is 6.58 Å². The molecule has 0 spiro atoms. The van der Waals surface area contributed by atoms with Crippen LogP contribution in [0.3, 0.4) is 0 Å². The number of allylic oxidation sites excluding steroid dienone is 1. The highest BCUT2D eigenvalue weighted by atomic mass is 15.0. The van der Waals surface area contributed by atoms with Gasteiger partial charge in [0.05, 0.1) is 18.2 Å². The third-order valence-electron chi connectivity index (χ3n) is 3.95. The van der Waals surface area contributed by atoms with E-state index < -0.39 is 0 Å². The molecule has 0 aliphatic rings. The van der Waals surface area contributed by atoms with Gasteiger partial charge in [-0.2, -0.15) is 0 Å². The molecular weight excluding hydrogens is 256 g/mol. The Morgan fingerprint density at radius 1 is 1.24 bits per heavy atom. The van der Waals surface area contributed by atoms with E-state index in [1.165, 1.54) is 36.1 Å². The highest BCUT2D eigenvalue weighted by Gasteiger charge is 2.07. The second kappa shape index (κ2) is 7.82. The molecule has 2 rings (SSSR count). The van der Waals surface area contributed by atoms with E-state index in [1.54, 1.807) is 0 Å². The van der Waals surface area contributed by atoms with Crippen molar-refractivity contribution in [2.45, 2.75) is 46.1 Å². The second-order valence-electron chi connectivity index (χ2n) is 6.08. The van der Waals surface area contributed by atoms with Crippen molar-refractivity contribution in [3.8, 4) is 11.3 Å². The Bertz CT molecular complexity index is 554. The summed E-state index contributed by atoms with van der Waals surface area (Å²) in [5, 5.41) is 0. The maximum Gasteiger partial charge on any atom is 0.0950 e. The minimum Gasteiger partial charge on any atom is -0.331 e. The summed E-state index contributed by atoms with van der Waals surface area (Å²) in [5.74, 6) is 0.746. The zero-order valence-corrected chi connectivity index (χ0v) is 13.3. The number of aromatic nitrogens is 2. The van der Waals surface area contributed by atoms with Crippen LogP contribution in [0.2, 0.25) is 0 Å². The molecule has 0 aliphatic heterocycles. The van der Waals surface area contributed by atoms with Gasteiger partial charge in [0, 0.05) is 6.54 Å². The van der Waals surface area contributed by atoms with E-state index in [1.807, 2.05) is 18.6 Å². The van der Waals surface area contributed by atoms with Gasteiger partial charge in [-0.25, -0.2) is 4.98 Å². The zero-order valence-electron chi connectivity index (χ0n) is 13.3. The van der Waals surface area contributed by atoms with Gasteiger partial charge in [0.15, 0.2) is 0 Å². The van der Waals surface area contributed by atoms with E-state index in [4.69, 9.17) is 0 Å². The Morgan fingerprint density at radius 2 is 2.00 bits per heavy atom. The molecule has 0 fully saturated rings. The van der Waals surface area contributed by atoms with Crippen molar-refractivity contribution >= 4 is 0 Å². The first-order valence-electron chi connectivity index (χ1n) is 7.86. The fraction of sp³-hybridized carbons (Fsp3) is 0.421. The van der Waals surface area contributed by atoms with Crippen LogP contribution in [0.5, 0.6) is 0 Å². The zero-order chi connectivity index (χ0) is 15.1. The van der Waals surface area contributed by atoms with E-state index in [0.717, 1.165) is 18.9 Å². The van der Waals surface area contributed by atoms with Crippen molar-refractivity contribution in [2.75, 3.05) is 0 Å². The van der Waals surface area contributed by atoms with Crippen molar-refractivity contribution in [3.05, 3.63) is 55.0 Å². The van der Waals surface area contributed by atoms with Crippen LogP contribution in [0.4, 0.5) is 0 Å². The minimum atomic E-state index is 0.746. The summed E-state index contributed by atoms with van der Waals surface area (Å²) in [6, 6.07) is 10.5. The van der Waals surface area contributed by atoms with Gasteiger partial charge in [0.1, 0.15) is 0 Å². The number of imidazole rings is 1. The molecule has 1 aromatic heterocycles. The lowest BCUT2D eigenvalue weighted by Crippen LogP contribution is -2.04. The predicted octanol–water partition coefficient (Wildman–Crippen LogP) is 5.32.